The van der Waals surface area contributed by atoms with Crippen LogP contribution < -0.4 is 11.3 Å². The molecule has 0 spiro atoms. The summed E-state index contributed by atoms with van der Waals surface area (Å²) >= 11 is 0. The summed E-state index contributed by atoms with van der Waals surface area (Å²) in [6, 6.07) is 8.85. The minimum atomic E-state index is -0.188. The zero-order valence-corrected chi connectivity index (χ0v) is 11.9. The number of hydrogen-bond donors (Lipinski definition) is 2. The lowest BCUT2D eigenvalue weighted by Crippen LogP contribution is -2.39. The summed E-state index contributed by atoms with van der Waals surface area (Å²) in [6.45, 7) is 2.07. The van der Waals surface area contributed by atoms with E-state index in [9.17, 15) is 4.39 Å². The molecule has 2 rings (SSSR count). The molecule has 20 heavy (non-hydrogen) atoms. The summed E-state index contributed by atoms with van der Waals surface area (Å²) in [6.07, 6.45) is 2.17. The second-order valence-corrected chi connectivity index (χ2v) is 4.97. The van der Waals surface area contributed by atoms with E-state index in [0.717, 1.165) is 17.8 Å². The molecule has 2 aromatic rings. The van der Waals surface area contributed by atoms with Crippen LogP contribution in [0.25, 0.3) is 0 Å². The van der Waals surface area contributed by atoms with Crippen LogP contribution in [-0.4, -0.2) is 15.8 Å². The van der Waals surface area contributed by atoms with Gasteiger partial charge in [-0.25, -0.2) is 4.39 Å². The average molecular weight is 276 g/mol. The largest absolute Gasteiger partial charge is 0.272 e. The molecular formula is C15H21FN4. The van der Waals surface area contributed by atoms with Crippen molar-refractivity contribution in [1.82, 2.24) is 15.2 Å². The Labute approximate surface area is 118 Å². The third-order valence-electron chi connectivity index (χ3n) is 3.50. The first-order chi connectivity index (χ1) is 9.63. The molecule has 1 aromatic heterocycles. The highest BCUT2D eigenvalue weighted by atomic mass is 19.1. The van der Waals surface area contributed by atoms with E-state index < -0.39 is 0 Å². The van der Waals surface area contributed by atoms with Crippen molar-refractivity contribution in [2.75, 3.05) is 0 Å². The molecule has 1 heterocycles. The third kappa shape index (κ3) is 3.43. The second kappa shape index (κ2) is 6.63. The van der Waals surface area contributed by atoms with E-state index in [0.29, 0.717) is 18.4 Å². The van der Waals surface area contributed by atoms with E-state index in [4.69, 9.17) is 5.84 Å². The van der Waals surface area contributed by atoms with Crippen molar-refractivity contribution in [3.05, 3.63) is 53.1 Å². The van der Waals surface area contributed by atoms with Crippen LogP contribution in [0.5, 0.6) is 0 Å². The highest BCUT2D eigenvalue weighted by molar-refractivity contribution is 5.19. The van der Waals surface area contributed by atoms with E-state index in [2.05, 4.69) is 23.5 Å². The average Bonchev–Trinajstić information content (AvgIpc) is 2.81. The predicted octanol–water partition coefficient (Wildman–Crippen LogP) is 1.74. The van der Waals surface area contributed by atoms with Gasteiger partial charge in [0.2, 0.25) is 0 Å². The lowest BCUT2D eigenvalue weighted by molar-refractivity contribution is 0.492. The number of nitrogens with zero attached hydrogens (tertiary/aromatic N) is 2. The van der Waals surface area contributed by atoms with Gasteiger partial charge in [-0.05, 0) is 30.5 Å². The normalized spacial score (nSPS) is 12.6. The van der Waals surface area contributed by atoms with Gasteiger partial charge in [-0.1, -0.05) is 25.1 Å². The fraction of sp³-hybridized carbons (Fsp3) is 0.400. The first kappa shape index (κ1) is 14.7. The second-order valence-electron chi connectivity index (χ2n) is 4.97. The Morgan fingerprint density at radius 1 is 1.35 bits per heavy atom. The van der Waals surface area contributed by atoms with Crippen LogP contribution in [0.15, 0.2) is 30.3 Å². The Kier molecular flexibility index (Phi) is 4.87. The van der Waals surface area contributed by atoms with E-state index in [-0.39, 0.29) is 11.9 Å². The molecule has 0 fully saturated rings. The molecule has 1 unspecified atom stereocenters. The molecule has 0 aliphatic rings. The van der Waals surface area contributed by atoms with Gasteiger partial charge in [0.1, 0.15) is 5.82 Å². The first-order valence-electron chi connectivity index (χ1n) is 6.85. The van der Waals surface area contributed by atoms with Gasteiger partial charge in [-0.15, -0.1) is 0 Å². The molecule has 0 aliphatic heterocycles. The van der Waals surface area contributed by atoms with Crippen molar-refractivity contribution in [2.24, 2.45) is 12.9 Å². The van der Waals surface area contributed by atoms with E-state index in [1.165, 1.54) is 6.07 Å². The van der Waals surface area contributed by atoms with Crippen molar-refractivity contribution in [3.8, 4) is 0 Å². The zero-order chi connectivity index (χ0) is 14.5. The molecule has 4 nitrogen and oxygen atoms in total. The highest BCUT2D eigenvalue weighted by Gasteiger charge is 2.14. The Balaban J connectivity index is 2.09. The van der Waals surface area contributed by atoms with Crippen molar-refractivity contribution in [1.29, 1.82) is 0 Å². The van der Waals surface area contributed by atoms with E-state index >= 15 is 0 Å². The highest BCUT2D eigenvalue weighted by Crippen LogP contribution is 2.13. The molecular weight excluding hydrogens is 255 g/mol. The number of hydrogen-bond acceptors (Lipinski definition) is 3. The third-order valence-corrected chi connectivity index (χ3v) is 3.50. The fourth-order valence-electron chi connectivity index (χ4n) is 2.31. The monoisotopic (exact) mass is 276 g/mol. The van der Waals surface area contributed by atoms with Gasteiger partial charge in [0.15, 0.2) is 0 Å². The fourth-order valence-corrected chi connectivity index (χ4v) is 2.31. The molecule has 0 saturated heterocycles. The van der Waals surface area contributed by atoms with E-state index in [1.54, 1.807) is 12.1 Å². The van der Waals surface area contributed by atoms with Crippen molar-refractivity contribution in [3.63, 3.8) is 0 Å². The number of aromatic nitrogens is 2. The van der Waals surface area contributed by atoms with Gasteiger partial charge in [0.25, 0.3) is 0 Å². The molecule has 0 radical (unpaired) electrons. The number of nitrogens with one attached hydrogen (secondary N) is 1. The van der Waals surface area contributed by atoms with Crippen molar-refractivity contribution < 1.29 is 4.39 Å². The number of hydrazine groups is 1. The molecule has 1 atom stereocenters. The summed E-state index contributed by atoms with van der Waals surface area (Å²) in [5.41, 5.74) is 5.61. The van der Waals surface area contributed by atoms with Crippen molar-refractivity contribution in [2.45, 2.75) is 32.2 Å². The van der Waals surface area contributed by atoms with Crippen LogP contribution >= 0.6 is 0 Å². The van der Waals surface area contributed by atoms with Gasteiger partial charge in [0, 0.05) is 25.2 Å². The van der Waals surface area contributed by atoms with E-state index in [1.807, 2.05) is 17.8 Å². The SMILES string of the molecule is CCc1cc(CC(Cc2ccccc2F)NN)n(C)n1. The molecule has 108 valence electrons. The number of halogens is 1. The Morgan fingerprint density at radius 2 is 2.10 bits per heavy atom. The Morgan fingerprint density at radius 3 is 2.70 bits per heavy atom. The van der Waals surface area contributed by atoms with Crippen LogP contribution in [0.4, 0.5) is 4.39 Å². The molecule has 1 aromatic carbocycles. The van der Waals surface area contributed by atoms with Gasteiger partial charge < -0.3 is 0 Å². The molecule has 0 bridgehead atoms. The maximum atomic E-state index is 13.7. The molecule has 3 N–H and O–H groups in total. The first-order valence-corrected chi connectivity index (χ1v) is 6.85. The lowest BCUT2D eigenvalue weighted by Gasteiger charge is -2.16. The van der Waals surface area contributed by atoms with Gasteiger partial charge >= 0.3 is 0 Å². The van der Waals surface area contributed by atoms with Crippen LogP contribution in [-0.2, 0) is 26.3 Å². The predicted molar refractivity (Wildman–Crippen MR) is 77.5 cm³/mol. The maximum absolute atomic E-state index is 13.7. The summed E-state index contributed by atoms with van der Waals surface area (Å²) in [5.74, 6) is 5.42. The Hall–Kier alpha value is -1.72. The minimum Gasteiger partial charge on any atom is -0.272 e. The molecule has 0 saturated carbocycles. The Bertz CT molecular complexity index is 565. The van der Waals surface area contributed by atoms with Crippen molar-refractivity contribution >= 4 is 0 Å². The van der Waals surface area contributed by atoms with Crippen LogP contribution in [0.1, 0.15) is 23.9 Å². The summed E-state index contributed by atoms with van der Waals surface area (Å²) in [4.78, 5) is 0. The van der Waals surface area contributed by atoms with Gasteiger partial charge in [0.05, 0.1) is 5.69 Å². The quantitative estimate of drug-likeness (QED) is 0.624. The lowest BCUT2D eigenvalue weighted by atomic mass is 10.0. The number of aryl methyl sites for hydroxylation is 2. The van der Waals surface area contributed by atoms with Crippen LogP contribution in [0.3, 0.4) is 0 Å². The summed E-state index contributed by atoms with van der Waals surface area (Å²) < 4.78 is 15.5. The summed E-state index contributed by atoms with van der Waals surface area (Å²) in [5, 5.41) is 4.42. The summed E-state index contributed by atoms with van der Waals surface area (Å²) in [7, 11) is 1.92. The smallest absolute Gasteiger partial charge is 0.126 e. The number of rotatable bonds is 6. The molecule has 0 amide bonds. The minimum absolute atomic E-state index is 0.0213. The van der Waals surface area contributed by atoms with Gasteiger partial charge in [-0.3, -0.25) is 16.0 Å². The molecule has 5 heteroatoms. The zero-order valence-electron chi connectivity index (χ0n) is 11.9. The molecule has 0 aliphatic carbocycles. The van der Waals surface area contributed by atoms with Crippen LogP contribution in [0.2, 0.25) is 0 Å². The standard InChI is InChI=1S/C15H21FN4/c1-3-12-9-14(20(2)19-12)10-13(18-17)8-11-6-4-5-7-15(11)16/h4-7,9,13,18H,3,8,10,17H2,1-2H3. The topological polar surface area (TPSA) is 55.9 Å². The van der Waals surface area contributed by atoms with Gasteiger partial charge in [-0.2, -0.15) is 5.10 Å². The maximum Gasteiger partial charge on any atom is 0.126 e. The number of nitrogens with two attached hydrogens (primary N) is 1. The van der Waals surface area contributed by atoms with Crippen LogP contribution in [0, 0.1) is 5.82 Å². The number of benzene rings is 1.